The standard InChI is InChI=1S/C10H16N4O/c1-15-9-5-12-4-8(14-9)13-7-10(6-11)2-3-10/h4-5H,2-3,6-7,11H2,1H3,(H,13,14). The van der Waals surface area contributed by atoms with Crippen molar-refractivity contribution in [2.24, 2.45) is 11.1 Å². The third kappa shape index (κ3) is 2.36. The van der Waals surface area contributed by atoms with Gasteiger partial charge in [0.2, 0.25) is 5.88 Å². The van der Waals surface area contributed by atoms with E-state index < -0.39 is 0 Å². The maximum absolute atomic E-state index is 5.69. The Labute approximate surface area is 89.1 Å². The first-order valence-electron chi connectivity index (χ1n) is 5.08. The molecule has 0 unspecified atom stereocenters. The van der Waals surface area contributed by atoms with Crippen molar-refractivity contribution in [3.63, 3.8) is 0 Å². The summed E-state index contributed by atoms with van der Waals surface area (Å²) in [7, 11) is 1.58. The van der Waals surface area contributed by atoms with E-state index in [1.807, 2.05) is 0 Å². The molecule has 5 nitrogen and oxygen atoms in total. The van der Waals surface area contributed by atoms with Crippen molar-refractivity contribution in [3.8, 4) is 5.88 Å². The van der Waals surface area contributed by atoms with Gasteiger partial charge in [0.15, 0.2) is 0 Å². The van der Waals surface area contributed by atoms with Crippen molar-refractivity contribution in [3.05, 3.63) is 12.4 Å². The number of nitrogens with zero attached hydrogens (tertiary/aromatic N) is 2. The summed E-state index contributed by atoms with van der Waals surface area (Å²) in [6.45, 7) is 1.60. The van der Waals surface area contributed by atoms with Crippen molar-refractivity contribution < 1.29 is 4.74 Å². The molecule has 1 aliphatic rings. The molecule has 1 fully saturated rings. The number of ether oxygens (including phenoxy) is 1. The zero-order valence-electron chi connectivity index (χ0n) is 8.86. The Kier molecular flexibility index (Phi) is 2.73. The molecule has 2 rings (SSSR count). The lowest BCUT2D eigenvalue weighted by Gasteiger charge is -2.13. The van der Waals surface area contributed by atoms with Crippen LogP contribution in [0.3, 0.4) is 0 Å². The summed E-state index contributed by atoms with van der Waals surface area (Å²) in [6, 6.07) is 0. The van der Waals surface area contributed by atoms with Gasteiger partial charge in [-0.05, 0) is 24.8 Å². The van der Waals surface area contributed by atoms with Crippen molar-refractivity contribution in [1.29, 1.82) is 0 Å². The third-order valence-corrected chi connectivity index (χ3v) is 2.86. The molecule has 5 heteroatoms. The van der Waals surface area contributed by atoms with Gasteiger partial charge in [-0.2, -0.15) is 4.98 Å². The van der Waals surface area contributed by atoms with Crippen LogP contribution >= 0.6 is 0 Å². The Morgan fingerprint density at radius 3 is 2.93 bits per heavy atom. The number of hydrogen-bond donors (Lipinski definition) is 2. The van der Waals surface area contributed by atoms with Gasteiger partial charge in [0, 0.05) is 6.54 Å². The number of anilines is 1. The lowest BCUT2D eigenvalue weighted by Crippen LogP contribution is -2.24. The smallest absolute Gasteiger partial charge is 0.233 e. The van der Waals surface area contributed by atoms with E-state index in [9.17, 15) is 0 Å². The summed E-state index contributed by atoms with van der Waals surface area (Å²) in [6.07, 6.45) is 5.68. The van der Waals surface area contributed by atoms with Crippen LogP contribution in [0.4, 0.5) is 5.82 Å². The predicted molar refractivity (Wildman–Crippen MR) is 57.8 cm³/mol. The van der Waals surface area contributed by atoms with E-state index in [4.69, 9.17) is 10.5 Å². The summed E-state index contributed by atoms with van der Waals surface area (Å²) >= 11 is 0. The van der Waals surface area contributed by atoms with E-state index in [0.29, 0.717) is 11.3 Å². The molecule has 0 spiro atoms. The second kappa shape index (κ2) is 4.02. The SMILES string of the molecule is COc1cncc(NCC2(CN)CC2)n1. The van der Waals surface area contributed by atoms with E-state index in [2.05, 4.69) is 15.3 Å². The summed E-state index contributed by atoms with van der Waals surface area (Å²) in [4.78, 5) is 8.24. The summed E-state index contributed by atoms with van der Waals surface area (Å²) in [5.74, 6) is 1.27. The van der Waals surface area contributed by atoms with Crippen LogP contribution in [0.25, 0.3) is 0 Å². The van der Waals surface area contributed by atoms with Crippen LogP contribution < -0.4 is 15.8 Å². The number of hydrogen-bond acceptors (Lipinski definition) is 5. The Morgan fingerprint density at radius 2 is 2.33 bits per heavy atom. The minimum absolute atomic E-state index is 0.296. The van der Waals surface area contributed by atoms with Crippen LogP contribution in [-0.2, 0) is 0 Å². The van der Waals surface area contributed by atoms with Crippen LogP contribution in [0.5, 0.6) is 5.88 Å². The molecule has 0 radical (unpaired) electrons. The molecule has 0 bridgehead atoms. The monoisotopic (exact) mass is 208 g/mol. The Hall–Kier alpha value is -1.36. The lowest BCUT2D eigenvalue weighted by molar-refractivity contribution is 0.396. The highest BCUT2D eigenvalue weighted by molar-refractivity contribution is 5.34. The summed E-state index contributed by atoms with van der Waals surface area (Å²) in [5.41, 5.74) is 5.98. The summed E-state index contributed by atoms with van der Waals surface area (Å²) < 4.78 is 4.99. The number of nitrogens with one attached hydrogen (secondary N) is 1. The second-order valence-corrected chi connectivity index (χ2v) is 4.00. The van der Waals surface area contributed by atoms with Gasteiger partial charge >= 0.3 is 0 Å². The number of nitrogens with two attached hydrogens (primary N) is 1. The number of rotatable bonds is 5. The molecule has 0 saturated heterocycles. The minimum Gasteiger partial charge on any atom is -0.480 e. The third-order valence-electron chi connectivity index (χ3n) is 2.86. The largest absolute Gasteiger partial charge is 0.480 e. The number of aromatic nitrogens is 2. The first kappa shape index (κ1) is 10.2. The lowest BCUT2D eigenvalue weighted by atomic mass is 10.1. The maximum atomic E-state index is 5.69. The minimum atomic E-state index is 0.296. The zero-order valence-corrected chi connectivity index (χ0v) is 8.86. The number of methoxy groups -OCH3 is 1. The molecular formula is C10H16N4O. The highest BCUT2D eigenvalue weighted by Gasteiger charge is 2.40. The molecule has 1 aliphatic carbocycles. The second-order valence-electron chi connectivity index (χ2n) is 4.00. The maximum Gasteiger partial charge on any atom is 0.233 e. The van der Waals surface area contributed by atoms with Gasteiger partial charge in [-0.1, -0.05) is 0 Å². The quantitative estimate of drug-likeness (QED) is 0.742. The van der Waals surface area contributed by atoms with Crippen molar-refractivity contribution in [2.45, 2.75) is 12.8 Å². The van der Waals surface area contributed by atoms with Gasteiger partial charge in [-0.15, -0.1) is 0 Å². The van der Waals surface area contributed by atoms with Gasteiger partial charge in [0.05, 0.1) is 19.5 Å². The zero-order chi connectivity index (χ0) is 10.7. The molecule has 0 aliphatic heterocycles. The van der Waals surface area contributed by atoms with Gasteiger partial charge in [-0.3, -0.25) is 4.98 Å². The van der Waals surface area contributed by atoms with Crippen molar-refractivity contribution in [1.82, 2.24) is 9.97 Å². The van der Waals surface area contributed by atoms with E-state index in [1.54, 1.807) is 19.5 Å². The van der Waals surface area contributed by atoms with Gasteiger partial charge in [0.25, 0.3) is 0 Å². The molecule has 15 heavy (non-hydrogen) atoms. The normalized spacial score (nSPS) is 17.2. The van der Waals surface area contributed by atoms with E-state index in [1.165, 1.54) is 12.8 Å². The molecule has 0 amide bonds. The fourth-order valence-electron chi connectivity index (χ4n) is 1.44. The molecule has 3 N–H and O–H groups in total. The first-order chi connectivity index (χ1) is 7.28. The van der Waals surface area contributed by atoms with E-state index >= 15 is 0 Å². The Balaban J connectivity index is 1.93. The van der Waals surface area contributed by atoms with Crippen LogP contribution in [0, 0.1) is 5.41 Å². The van der Waals surface area contributed by atoms with Gasteiger partial charge in [0.1, 0.15) is 5.82 Å². The van der Waals surface area contributed by atoms with E-state index in [0.717, 1.165) is 18.9 Å². The van der Waals surface area contributed by atoms with Crippen LogP contribution in [-0.4, -0.2) is 30.2 Å². The molecule has 0 aromatic carbocycles. The molecule has 1 heterocycles. The summed E-state index contributed by atoms with van der Waals surface area (Å²) in [5, 5.41) is 3.24. The molecule has 0 atom stereocenters. The van der Waals surface area contributed by atoms with Crippen molar-refractivity contribution >= 4 is 5.82 Å². The molecule has 1 aromatic heterocycles. The first-order valence-corrected chi connectivity index (χ1v) is 5.08. The predicted octanol–water partition coefficient (Wildman–Crippen LogP) is 0.636. The highest BCUT2D eigenvalue weighted by atomic mass is 16.5. The molecular weight excluding hydrogens is 192 g/mol. The molecule has 82 valence electrons. The average molecular weight is 208 g/mol. The highest BCUT2D eigenvalue weighted by Crippen LogP contribution is 2.44. The molecule has 1 aromatic rings. The Bertz CT molecular complexity index is 338. The average Bonchev–Trinajstić information content (AvgIpc) is 3.07. The molecule has 1 saturated carbocycles. The van der Waals surface area contributed by atoms with E-state index in [-0.39, 0.29) is 0 Å². The topological polar surface area (TPSA) is 73.1 Å². The fraction of sp³-hybridized carbons (Fsp3) is 0.600. The fourth-order valence-corrected chi connectivity index (χ4v) is 1.44. The van der Waals surface area contributed by atoms with Gasteiger partial charge < -0.3 is 15.8 Å². The Morgan fingerprint density at radius 1 is 1.53 bits per heavy atom. The van der Waals surface area contributed by atoms with Crippen LogP contribution in [0.2, 0.25) is 0 Å². The van der Waals surface area contributed by atoms with Gasteiger partial charge in [-0.25, -0.2) is 0 Å². The van der Waals surface area contributed by atoms with Crippen LogP contribution in [0.1, 0.15) is 12.8 Å². The van der Waals surface area contributed by atoms with Crippen LogP contribution in [0.15, 0.2) is 12.4 Å². The van der Waals surface area contributed by atoms with Crippen molar-refractivity contribution in [2.75, 3.05) is 25.5 Å².